The highest BCUT2D eigenvalue weighted by molar-refractivity contribution is 6.02. The third-order valence-electron chi connectivity index (χ3n) is 5.33. The van der Waals surface area contributed by atoms with E-state index in [0.717, 1.165) is 18.9 Å². The van der Waals surface area contributed by atoms with E-state index in [-0.39, 0.29) is 17.4 Å². The number of benzene rings is 2. The van der Waals surface area contributed by atoms with Crippen LogP contribution in [0.2, 0.25) is 0 Å². The number of hydrogen-bond acceptors (Lipinski definition) is 5. The van der Waals surface area contributed by atoms with E-state index in [0.29, 0.717) is 54.1 Å². The number of fused-ring (bicyclic) bond motifs is 1. The Morgan fingerprint density at radius 2 is 1.71 bits per heavy atom. The van der Waals surface area contributed by atoms with Crippen molar-refractivity contribution >= 4 is 11.9 Å². The zero-order valence-electron chi connectivity index (χ0n) is 17.8. The van der Waals surface area contributed by atoms with E-state index in [1.807, 2.05) is 0 Å². The van der Waals surface area contributed by atoms with Gasteiger partial charge in [0.1, 0.15) is 11.6 Å². The highest BCUT2D eigenvalue weighted by Crippen LogP contribution is 2.45. The molecule has 8 heteroatoms. The third kappa shape index (κ3) is 4.78. The van der Waals surface area contributed by atoms with Gasteiger partial charge in [-0.05, 0) is 42.2 Å². The maximum absolute atomic E-state index is 13.9. The Bertz CT molecular complexity index is 972. The fourth-order valence-corrected chi connectivity index (χ4v) is 3.86. The SMILES string of the molecule is COC(=O)CCCCCN1Cc2c(cc(OC)c(OC)c2-c2cc(F)cc(F)c2)C1=O. The van der Waals surface area contributed by atoms with Gasteiger partial charge in [-0.3, -0.25) is 9.59 Å². The molecule has 0 aliphatic carbocycles. The predicted molar refractivity (Wildman–Crippen MR) is 110 cm³/mol. The van der Waals surface area contributed by atoms with E-state index >= 15 is 0 Å². The lowest BCUT2D eigenvalue weighted by molar-refractivity contribution is -0.140. The molecular weight excluding hydrogens is 408 g/mol. The molecule has 3 rings (SSSR count). The zero-order valence-corrected chi connectivity index (χ0v) is 17.8. The van der Waals surface area contributed by atoms with Crippen LogP contribution < -0.4 is 9.47 Å². The van der Waals surface area contributed by atoms with Gasteiger partial charge in [0, 0.05) is 36.7 Å². The minimum Gasteiger partial charge on any atom is -0.493 e. The molecule has 0 N–H and O–H groups in total. The van der Waals surface area contributed by atoms with Crippen LogP contribution in [0.15, 0.2) is 24.3 Å². The molecule has 0 atom stereocenters. The molecule has 1 heterocycles. The molecule has 1 amide bonds. The summed E-state index contributed by atoms with van der Waals surface area (Å²) in [6, 6.07) is 4.82. The van der Waals surface area contributed by atoms with Crippen LogP contribution in [-0.4, -0.2) is 44.7 Å². The van der Waals surface area contributed by atoms with Crippen molar-refractivity contribution in [2.45, 2.75) is 32.2 Å². The van der Waals surface area contributed by atoms with Crippen molar-refractivity contribution in [2.24, 2.45) is 0 Å². The fourth-order valence-electron chi connectivity index (χ4n) is 3.86. The summed E-state index contributed by atoms with van der Waals surface area (Å²) in [5, 5.41) is 0. The number of methoxy groups -OCH3 is 3. The van der Waals surface area contributed by atoms with Crippen molar-refractivity contribution in [3.8, 4) is 22.6 Å². The number of halogens is 2. The summed E-state index contributed by atoms with van der Waals surface area (Å²) >= 11 is 0. The lowest BCUT2D eigenvalue weighted by Gasteiger charge is -2.17. The third-order valence-corrected chi connectivity index (χ3v) is 5.33. The van der Waals surface area contributed by atoms with Crippen LogP contribution in [0.5, 0.6) is 11.5 Å². The summed E-state index contributed by atoms with van der Waals surface area (Å²) in [7, 11) is 4.24. The van der Waals surface area contributed by atoms with Crippen LogP contribution in [0.25, 0.3) is 11.1 Å². The van der Waals surface area contributed by atoms with Crippen LogP contribution in [0.1, 0.15) is 41.6 Å². The largest absolute Gasteiger partial charge is 0.493 e. The van der Waals surface area contributed by atoms with Crippen molar-refractivity contribution < 1.29 is 32.6 Å². The second-order valence-corrected chi connectivity index (χ2v) is 7.28. The highest BCUT2D eigenvalue weighted by Gasteiger charge is 2.33. The second-order valence-electron chi connectivity index (χ2n) is 7.28. The van der Waals surface area contributed by atoms with E-state index in [1.54, 1.807) is 11.0 Å². The Kier molecular flexibility index (Phi) is 7.09. The molecule has 0 radical (unpaired) electrons. The van der Waals surface area contributed by atoms with Gasteiger partial charge in [0.15, 0.2) is 11.5 Å². The van der Waals surface area contributed by atoms with E-state index in [9.17, 15) is 18.4 Å². The molecule has 2 aromatic carbocycles. The van der Waals surface area contributed by atoms with Gasteiger partial charge in [0.2, 0.25) is 0 Å². The number of unbranched alkanes of at least 4 members (excludes halogenated alkanes) is 2. The molecular formula is C23H25F2NO5. The number of ether oxygens (including phenoxy) is 3. The number of carbonyl (C=O) groups is 2. The predicted octanol–water partition coefficient (Wildman–Crippen LogP) is 4.34. The number of esters is 1. The molecule has 1 aliphatic heterocycles. The number of carbonyl (C=O) groups excluding carboxylic acids is 2. The lowest BCUT2D eigenvalue weighted by atomic mass is 9.95. The minimum absolute atomic E-state index is 0.179. The quantitative estimate of drug-likeness (QED) is 0.435. The molecule has 0 aromatic heterocycles. The average Bonchev–Trinajstić information content (AvgIpc) is 3.06. The van der Waals surface area contributed by atoms with E-state index in [1.165, 1.54) is 33.5 Å². The van der Waals surface area contributed by atoms with E-state index in [4.69, 9.17) is 9.47 Å². The highest BCUT2D eigenvalue weighted by atomic mass is 19.1. The molecule has 1 aliphatic rings. The lowest BCUT2D eigenvalue weighted by Crippen LogP contribution is -2.25. The normalized spacial score (nSPS) is 12.7. The Labute approximate surface area is 179 Å². The van der Waals surface area contributed by atoms with Crippen LogP contribution >= 0.6 is 0 Å². The van der Waals surface area contributed by atoms with Gasteiger partial charge in [0.25, 0.3) is 5.91 Å². The van der Waals surface area contributed by atoms with Crippen LogP contribution in [0, 0.1) is 11.6 Å². The monoisotopic (exact) mass is 433 g/mol. The van der Waals surface area contributed by atoms with Crippen molar-refractivity contribution in [3.05, 3.63) is 47.0 Å². The topological polar surface area (TPSA) is 65.1 Å². The molecule has 0 fully saturated rings. The molecule has 6 nitrogen and oxygen atoms in total. The van der Waals surface area contributed by atoms with Gasteiger partial charge in [-0.15, -0.1) is 0 Å². The molecule has 166 valence electrons. The maximum atomic E-state index is 13.9. The van der Waals surface area contributed by atoms with Gasteiger partial charge >= 0.3 is 5.97 Å². The van der Waals surface area contributed by atoms with Gasteiger partial charge in [0.05, 0.1) is 21.3 Å². The average molecular weight is 433 g/mol. The van der Waals surface area contributed by atoms with Crippen molar-refractivity contribution in [3.63, 3.8) is 0 Å². The molecule has 0 spiro atoms. The molecule has 0 bridgehead atoms. The van der Waals surface area contributed by atoms with Crippen LogP contribution in [-0.2, 0) is 16.1 Å². The molecule has 0 saturated carbocycles. The molecule has 0 saturated heterocycles. The Hall–Kier alpha value is -3.16. The number of amides is 1. The summed E-state index contributed by atoms with van der Waals surface area (Å²) in [5.41, 5.74) is 1.78. The summed E-state index contributed by atoms with van der Waals surface area (Å²) in [5.74, 6) is -1.24. The molecule has 31 heavy (non-hydrogen) atoms. The van der Waals surface area contributed by atoms with E-state index < -0.39 is 11.6 Å². The van der Waals surface area contributed by atoms with Crippen molar-refractivity contribution in [1.82, 2.24) is 4.90 Å². The Morgan fingerprint density at radius 1 is 1.00 bits per heavy atom. The van der Waals surface area contributed by atoms with Crippen molar-refractivity contribution in [1.29, 1.82) is 0 Å². The Balaban J connectivity index is 1.89. The molecule has 0 unspecified atom stereocenters. The molecule has 2 aromatic rings. The summed E-state index contributed by atoms with van der Waals surface area (Å²) < 4.78 is 43.4. The van der Waals surface area contributed by atoms with Gasteiger partial charge in [-0.2, -0.15) is 0 Å². The van der Waals surface area contributed by atoms with Gasteiger partial charge in [-0.1, -0.05) is 6.42 Å². The van der Waals surface area contributed by atoms with Crippen molar-refractivity contribution in [2.75, 3.05) is 27.9 Å². The van der Waals surface area contributed by atoms with Crippen LogP contribution in [0.4, 0.5) is 8.78 Å². The van der Waals surface area contributed by atoms with Crippen LogP contribution in [0.3, 0.4) is 0 Å². The number of hydrogen-bond donors (Lipinski definition) is 0. The first-order valence-corrected chi connectivity index (χ1v) is 10.00. The summed E-state index contributed by atoms with van der Waals surface area (Å²) in [6.07, 6.45) is 2.50. The Morgan fingerprint density at radius 3 is 2.32 bits per heavy atom. The standard InChI is InChI=1S/C23H25F2NO5/c1-29-19-12-17-18(13-26(23(17)28)8-6-4-5-7-20(27)30-2)21(22(19)31-3)14-9-15(24)11-16(25)10-14/h9-12H,4-8,13H2,1-3H3. The van der Waals surface area contributed by atoms with E-state index in [2.05, 4.69) is 4.74 Å². The first-order valence-electron chi connectivity index (χ1n) is 10.00. The van der Waals surface area contributed by atoms with Gasteiger partial charge < -0.3 is 19.1 Å². The summed E-state index contributed by atoms with van der Waals surface area (Å²) in [4.78, 5) is 25.9. The fraction of sp³-hybridized carbons (Fsp3) is 0.391. The minimum atomic E-state index is -0.722. The first-order chi connectivity index (χ1) is 14.9. The first kappa shape index (κ1) is 22.5. The number of rotatable bonds is 9. The smallest absolute Gasteiger partial charge is 0.305 e. The summed E-state index contributed by atoms with van der Waals surface area (Å²) in [6.45, 7) is 0.787. The second kappa shape index (κ2) is 9.76. The van der Waals surface area contributed by atoms with Gasteiger partial charge in [-0.25, -0.2) is 8.78 Å². The zero-order chi connectivity index (χ0) is 22.5. The maximum Gasteiger partial charge on any atom is 0.305 e. The number of nitrogens with zero attached hydrogens (tertiary/aromatic N) is 1.